The Morgan fingerprint density at radius 1 is 1.35 bits per heavy atom. The summed E-state index contributed by atoms with van der Waals surface area (Å²) in [5.74, 6) is 0.489. The van der Waals surface area contributed by atoms with Gasteiger partial charge in [0.2, 0.25) is 0 Å². The van der Waals surface area contributed by atoms with Crippen molar-refractivity contribution in [2.45, 2.75) is 77.5 Å². The zero-order valence-corrected chi connectivity index (χ0v) is 15.7. The molecule has 1 aliphatic heterocycles. The van der Waals surface area contributed by atoms with Crippen LogP contribution in [-0.2, 0) is 14.6 Å². The van der Waals surface area contributed by atoms with Crippen LogP contribution in [-0.4, -0.2) is 50.2 Å². The van der Waals surface area contributed by atoms with Crippen LogP contribution in [0.4, 0.5) is 4.79 Å². The van der Waals surface area contributed by atoms with E-state index in [4.69, 9.17) is 4.74 Å². The third-order valence-corrected chi connectivity index (χ3v) is 5.55. The van der Waals surface area contributed by atoms with Crippen molar-refractivity contribution in [2.24, 2.45) is 0 Å². The van der Waals surface area contributed by atoms with Crippen molar-refractivity contribution >= 4 is 15.9 Å². The predicted molar refractivity (Wildman–Crippen MR) is 92.4 cm³/mol. The molecule has 23 heavy (non-hydrogen) atoms. The number of unbranched alkanes of at least 4 members (excludes halogenated alkanes) is 1. The molecule has 1 saturated heterocycles. The van der Waals surface area contributed by atoms with E-state index in [1.165, 1.54) is 0 Å². The minimum absolute atomic E-state index is 0.0176. The molecule has 0 spiro atoms. The zero-order chi connectivity index (χ0) is 17.5. The number of rotatable bonds is 7. The molecular weight excluding hydrogens is 316 g/mol. The highest BCUT2D eigenvalue weighted by Gasteiger charge is 2.26. The van der Waals surface area contributed by atoms with Crippen molar-refractivity contribution in [2.75, 3.05) is 18.1 Å². The van der Waals surface area contributed by atoms with E-state index in [1.807, 2.05) is 20.8 Å². The molecule has 136 valence electrons. The first-order chi connectivity index (χ1) is 10.6. The van der Waals surface area contributed by atoms with Crippen LogP contribution in [0.1, 0.15) is 59.8 Å². The Bertz CT molecular complexity index is 471. The molecule has 0 aromatic carbocycles. The maximum absolute atomic E-state index is 11.8. The normalized spacial score (nSPS) is 22.3. The zero-order valence-electron chi connectivity index (χ0n) is 14.9. The minimum Gasteiger partial charge on any atom is -0.444 e. The monoisotopic (exact) mass is 348 g/mol. The molecule has 0 aromatic heterocycles. The van der Waals surface area contributed by atoms with E-state index < -0.39 is 21.5 Å². The van der Waals surface area contributed by atoms with Gasteiger partial charge >= 0.3 is 6.09 Å². The van der Waals surface area contributed by atoms with Gasteiger partial charge in [0.25, 0.3) is 0 Å². The molecule has 1 amide bonds. The van der Waals surface area contributed by atoms with Crippen LogP contribution < -0.4 is 10.6 Å². The predicted octanol–water partition coefficient (Wildman–Crippen LogP) is 2.24. The first-order valence-corrected chi connectivity index (χ1v) is 10.4. The van der Waals surface area contributed by atoms with Gasteiger partial charge in [-0.05, 0) is 40.0 Å². The third kappa shape index (κ3) is 9.15. The van der Waals surface area contributed by atoms with Crippen LogP contribution in [0.15, 0.2) is 0 Å². The summed E-state index contributed by atoms with van der Waals surface area (Å²) in [4.78, 5) is 11.8. The number of amides is 1. The summed E-state index contributed by atoms with van der Waals surface area (Å²) >= 11 is 0. The summed E-state index contributed by atoms with van der Waals surface area (Å²) in [6.07, 6.45) is 4.15. The molecule has 0 radical (unpaired) electrons. The van der Waals surface area contributed by atoms with Crippen molar-refractivity contribution in [1.82, 2.24) is 10.6 Å². The summed E-state index contributed by atoms with van der Waals surface area (Å²) in [6, 6.07) is 0.0526. The molecule has 1 fully saturated rings. The van der Waals surface area contributed by atoms with Crippen molar-refractivity contribution in [3.63, 3.8) is 0 Å². The molecule has 7 heteroatoms. The van der Waals surface area contributed by atoms with E-state index in [0.29, 0.717) is 18.7 Å². The molecule has 1 aliphatic rings. The van der Waals surface area contributed by atoms with Gasteiger partial charge in [-0.3, -0.25) is 0 Å². The summed E-state index contributed by atoms with van der Waals surface area (Å²) in [7, 11) is -2.93. The van der Waals surface area contributed by atoms with Gasteiger partial charge in [0.05, 0.1) is 11.5 Å². The van der Waals surface area contributed by atoms with Crippen molar-refractivity contribution < 1.29 is 17.9 Å². The quantitative estimate of drug-likeness (QED) is 0.737. The molecule has 0 aliphatic carbocycles. The lowest BCUT2D eigenvalue weighted by Gasteiger charge is -2.29. The topological polar surface area (TPSA) is 84.5 Å². The van der Waals surface area contributed by atoms with Crippen LogP contribution in [0, 0.1) is 0 Å². The number of carbonyl (C=O) groups is 1. The van der Waals surface area contributed by atoms with Crippen molar-refractivity contribution in [3.05, 3.63) is 0 Å². The largest absolute Gasteiger partial charge is 0.444 e. The number of sulfone groups is 1. The second-order valence-electron chi connectivity index (χ2n) is 7.34. The van der Waals surface area contributed by atoms with Crippen molar-refractivity contribution in [3.8, 4) is 0 Å². The number of hydrogen-bond acceptors (Lipinski definition) is 5. The first-order valence-electron chi connectivity index (χ1n) is 8.54. The Hall–Kier alpha value is -0.820. The molecule has 2 atom stereocenters. The summed E-state index contributed by atoms with van der Waals surface area (Å²) in [5, 5.41) is 6.20. The third-order valence-electron chi connectivity index (χ3n) is 3.73. The Morgan fingerprint density at radius 3 is 2.61 bits per heavy atom. The first kappa shape index (κ1) is 20.2. The summed E-state index contributed by atoms with van der Waals surface area (Å²) < 4.78 is 28.7. The van der Waals surface area contributed by atoms with E-state index in [2.05, 4.69) is 17.6 Å². The number of carbonyl (C=O) groups excluding carboxylic acids is 1. The highest BCUT2D eigenvalue weighted by Crippen LogP contribution is 2.14. The van der Waals surface area contributed by atoms with E-state index in [0.717, 1.165) is 25.7 Å². The van der Waals surface area contributed by atoms with E-state index in [1.54, 1.807) is 0 Å². The molecule has 1 rings (SSSR count). The van der Waals surface area contributed by atoms with Gasteiger partial charge in [0.1, 0.15) is 5.60 Å². The molecule has 0 bridgehead atoms. The van der Waals surface area contributed by atoms with E-state index in [9.17, 15) is 13.2 Å². The lowest BCUT2D eigenvalue weighted by molar-refractivity contribution is 0.0520. The van der Waals surface area contributed by atoms with Gasteiger partial charge in [-0.15, -0.1) is 0 Å². The van der Waals surface area contributed by atoms with Crippen LogP contribution in [0.3, 0.4) is 0 Å². The minimum atomic E-state index is -2.93. The lowest BCUT2D eigenvalue weighted by atomic mass is 10.1. The number of nitrogens with one attached hydrogen (secondary N) is 2. The van der Waals surface area contributed by atoms with Crippen LogP contribution in [0.5, 0.6) is 0 Å². The second kappa shape index (κ2) is 8.87. The fourth-order valence-corrected chi connectivity index (χ4v) is 4.35. The van der Waals surface area contributed by atoms with Gasteiger partial charge in [-0.25, -0.2) is 13.2 Å². The molecule has 2 unspecified atom stereocenters. The summed E-state index contributed by atoms with van der Waals surface area (Å²) in [5.41, 5.74) is -0.520. The van der Waals surface area contributed by atoms with Gasteiger partial charge < -0.3 is 15.4 Å². The molecule has 0 saturated carbocycles. The van der Waals surface area contributed by atoms with Gasteiger partial charge in [0, 0.05) is 18.6 Å². The molecule has 0 aromatic rings. The second-order valence-corrected chi connectivity index (χ2v) is 9.57. The molecular formula is C16H32N2O4S. The number of hydrogen-bond donors (Lipinski definition) is 2. The van der Waals surface area contributed by atoms with Crippen LogP contribution >= 0.6 is 0 Å². The molecule has 2 N–H and O–H groups in total. The highest BCUT2D eigenvalue weighted by molar-refractivity contribution is 7.91. The number of alkyl carbamates (subject to hydrolysis) is 1. The Kier molecular flexibility index (Phi) is 7.80. The van der Waals surface area contributed by atoms with Crippen LogP contribution in [0.2, 0.25) is 0 Å². The van der Waals surface area contributed by atoms with Crippen molar-refractivity contribution in [1.29, 1.82) is 0 Å². The van der Waals surface area contributed by atoms with Crippen LogP contribution in [0.25, 0.3) is 0 Å². The maximum atomic E-state index is 11.8. The molecule has 6 nitrogen and oxygen atoms in total. The van der Waals surface area contributed by atoms with Gasteiger partial charge in [0.15, 0.2) is 9.84 Å². The average molecular weight is 349 g/mol. The maximum Gasteiger partial charge on any atom is 0.407 e. The highest BCUT2D eigenvalue weighted by atomic mass is 32.2. The molecule has 1 heterocycles. The summed E-state index contributed by atoms with van der Waals surface area (Å²) in [6.45, 7) is 8.04. The Morgan fingerprint density at radius 2 is 2.04 bits per heavy atom. The van der Waals surface area contributed by atoms with E-state index >= 15 is 0 Å². The fourth-order valence-electron chi connectivity index (χ4n) is 2.70. The van der Waals surface area contributed by atoms with Gasteiger partial charge in [-0.2, -0.15) is 0 Å². The fraction of sp³-hybridized carbons (Fsp3) is 0.938. The Balaban J connectivity index is 2.50. The smallest absolute Gasteiger partial charge is 0.407 e. The Labute approximate surface area is 140 Å². The SMILES string of the molecule is CCCCC(CNC(=O)OC(C)(C)C)NC1CCCS(=O)(=O)C1. The average Bonchev–Trinajstić information content (AvgIpc) is 2.38. The number of ether oxygens (including phenoxy) is 1. The van der Waals surface area contributed by atoms with Gasteiger partial charge in [-0.1, -0.05) is 19.8 Å². The lowest BCUT2D eigenvalue weighted by Crippen LogP contribution is -2.50. The van der Waals surface area contributed by atoms with E-state index in [-0.39, 0.29) is 17.8 Å². The standard InChI is InChI=1S/C16H32N2O4S/c1-5-6-8-13(11-17-15(19)22-16(2,3)4)18-14-9-7-10-23(20,21)12-14/h13-14,18H,5-12H2,1-4H3,(H,17,19).